The fraction of sp³-hybridized carbons (Fsp3) is 0.286. The second kappa shape index (κ2) is 7.38. The Hall–Kier alpha value is -1.66. The largest absolute Gasteiger partial charge is 0.362 e. The third-order valence-corrected chi connectivity index (χ3v) is 3.27. The molecule has 0 aliphatic carbocycles. The van der Waals surface area contributed by atoms with Crippen LogP contribution in [-0.4, -0.2) is 21.4 Å². The molecule has 1 aromatic heterocycles. The molecule has 0 saturated carbocycles. The van der Waals surface area contributed by atoms with E-state index in [-0.39, 0.29) is 5.82 Å². The summed E-state index contributed by atoms with van der Waals surface area (Å²) in [7, 11) is 0. The molecule has 0 spiro atoms. The second-order valence-corrected chi connectivity index (χ2v) is 5.35. The van der Waals surface area contributed by atoms with Gasteiger partial charge in [-0.25, -0.2) is 4.39 Å². The minimum atomic E-state index is -0.257. The molecular weight excluding hydrogens is 311 g/mol. The molecule has 0 fully saturated rings. The highest BCUT2D eigenvalue weighted by atomic mass is 35.5. The van der Waals surface area contributed by atoms with Crippen LogP contribution in [0.15, 0.2) is 30.5 Å². The van der Waals surface area contributed by atoms with Crippen LogP contribution in [0.4, 0.5) is 10.2 Å². The molecule has 0 aliphatic rings. The predicted molar refractivity (Wildman–Crippen MR) is 87.3 cm³/mol. The molecule has 0 unspecified atom stereocenters. The Morgan fingerprint density at radius 2 is 2.10 bits per heavy atom. The zero-order chi connectivity index (χ0) is 15.2. The zero-order valence-electron chi connectivity index (χ0n) is 11.6. The topological polar surface area (TPSA) is 41.9 Å². The summed E-state index contributed by atoms with van der Waals surface area (Å²) in [6, 6.07) is 6.27. The quantitative estimate of drug-likeness (QED) is 0.826. The smallest absolute Gasteiger partial charge is 0.173 e. The Labute approximate surface area is 133 Å². The molecule has 0 radical (unpaired) electrons. The lowest BCUT2D eigenvalue weighted by Gasteiger charge is -2.07. The van der Waals surface area contributed by atoms with E-state index in [1.807, 2.05) is 0 Å². The van der Waals surface area contributed by atoms with Crippen molar-refractivity contribution in [3.05, 3.63) is 46.9 Å². The van der Waals surface area contributed by atoms with E-state index in [0.717, 1.165) is 18.5 Å². The molecule has 7 heteroatoms. The molecule has 0 amide bonds. The summed E-state index contributed by atoms with van der Waals surface area (Å²) in [5.74, 6) is 0.249. The van der Waals surface area contributed by atoms with E-state index < -0.39 is 0 Å². The molecule has 1 aromatic carbocycles. The molecule has 0 aliphatic heterocycles. The standard InChI is InChI=1S/C14H16ClFN4S/c1-2-7-17-14(21)18-13-12(15)9-20(19-13)8-10-3-5-11(16)6-4-10/h3-6,9H,2,7-8H2,1H3,(H2,17,18,19,21). The molecule has 0 atom stereocenters. The van der Waals surface area contributed by atoms with Gasteiger partial charge in [0.25, 0.3) is 0 Å². The fourth-order valence-corrected chi connectivity index (χ4v) is 2.13. The highest BCUT2D eigenvalue weighted by Gasteiger charge is 2.08. The number of aromatic nitrogens is 2. The van der Waals surface area contributed by atoms with Crippen molar-refractivity contribution in [2.75, 3.05) is 11.9 Å². The lowest BCUT2D eigenvalue weighted by atomic mass is 10.2. The molecular formula is C14H16ClFN4S. The fourth-order valence-electron chi connectivity index (χ4n) is 1.73. The maximum atomic E-state index is 12.9. The van der Waals surface area contributed by atoms with Gasteiger partial charge in [0, 0.05) is 12.7 Å². The number of hydrogen-bond donors (Lipinski definition) is 2. The van der Waals surface area contributed by atoms with Crippen LogP contribution in [0.2, 0.25) is 5.02 Å². The van der Waals surface area contributed by atoms with Gasteiger partial charge in [-0.2, -0.15) is 5.10 Å². The number of hydrogen-bond acceptors (Lipinski definition) is 2. The van der Waals surface area contributed by atoms with Crippen molar-refractivity contribution in [3.8, 4) is 0 Å². The molecule has 112 valence electrons. The van der Waals surface area contributed by atoms with E-state index in [2.05, 4.69) is 22.7 Å². The number of benzene rings is 1. The maximum absolute atomic E-state index is 12.9. The van der Waals surface area contributed by atoms with Crippen LogP contribution in [0.25, 0.3) is 0 Å². The molecule has 0 bridgehead atoms. The SMILES string of the molecule is CCCNC(=S)Nc1nn(Cc2ccc(F)cc2)cc1Cl. The maximum Gasteiger partial charge on any atom is 0.173 e. The first-order chi connectivity index (χ1) is 10.1. The summed E-state index contributed by atoms with van der Waals surface area (Å²) >= 11 is 11.3. The Morgan fingerprint density at radius 3 is 2.76 bits per heavy atom. The summed E-state index contributed by atoms with van der Waals surface area (Å²) in [4.78, 5) is 0. The van der Waals surface area contributed by atoms with Gasteiger partial charge in [-0.05, 0) is 36.3 Å². The van der Waals surface area contributed by atoms with E-state index >= 15 is 0 Å². The van der Waals surface area contributed by atoms with Crippen molar-refractivity contribution in [2.45, 2.75) is 19.9 Å². The van der Waals surface area contributed by atoms with E-state index in [0.29, 0.717) is 22.5 Å². The molecule has 21 heavy (non-hydrogen) atoms. The lowest BCUT2D eigenvalue weighted by molar-refractivity contribution is 0.624. The summed E-state index contributed by atoms with van der Waals surface area (Å²) in [6.45, 7) is 3.36. The van der Waals surface area contributed by atoms with Gasteiger partial charge in [-0.3, -0.25) is 4.68 Å². The number of halogens is 2. The van der Waals surface area contributed by atoms with Crippen molar-refractivity contribution >= 4 is 34.7 Å². The monoisotopic (exact) mass is 326 g/mol. The third-order valence-electron chi connectivity index (χ3n) is 2.74. The third kappa shape index (κ3) is 4.68. The van der Waals surface area contributed by atoms with Gasteiger partial charge >= 0.3 is 0 Å². The molecule has 2 aromatic rings. The molecule has 2 rings (SSSR count). The first-order valence-corrected chi connectivity index (χ1v) is 7.39. The average molecular weight is 327 g/mol. The van der Waals surface area contributed by atoms with Crippen molar-refractivity contribution < 1.29 is 4.39 Å². The van der Waals surface area contributed by atoms with Crippen LogP contribution >= 0.6 is 23.8 Å². The molecule has 2 N–H and O–H groups in total. The molecule has 4 nitrogen and oxygen atoms in total. The number of nitrogens with zero attached hydrogens (tertiary/aromatic N) is 2. The van der Waals surface area contributed by atoms with Crippen molar-refractivity contribution in [3.63, 3.8) is 0 Å². The number of anilines is 1. The Kier molecular flexibility index (Phi) is 5.52. The van der Waals surface area contributed by atoms with Gasteiger partial charge in [0.05, 0.1) is 6.54 Å². The Balaban J connectivity index is 2.01. The van der Waals surface area contributed by atoms with Crippen molar-refractivity contribution in [2.24, 2.45) is 0 Å². The average Bonchev–Trinajstić information content (AvgIpc) is 2.79. The van der Waals surface area contributed by atoms with Gasteiger partial charge in [0.15, 0.2) is 10.9 Å². The van der Waals surface area contributed by atoms with Crippen molar-refractivity contribution in [1.82, 2.24) is 15.1 Å². The van der Waals surface area contributed by atoms with E-state index in [1.165, 1.54) is 12.1 Å². The first kappa shape index (κ1) is 15.7. The van der Waals surface area contributed by atoms with Gasteiger partial charge in [0.1, 0.15) is 10.8 Å². The van der Waals surface area contributed by atoms with Crippen LogP contribution in [0.1, 0.15) is 18.9 Å². The summed E-state index contributed by atoms with van der Waals surface area (Å²) in [6.07, 6.45) is 2.68. The number of rotatable bonds is 5. The minimum Gasteiger partial charge on any atom is -0.362 e. The van der Waals surface area contributed by atoms with E-state index in [4.69, 9.17) is 23.8 Å². The summed E-state index contributed by atoms with van der Waals surface area (Å²) < 4.78 is 14.5. The summed E-state index contributed by atoms with van der Waals surface area (Å²) in [5, 5.41) is 11.3. The Bertz CT molecular complexity index is 612. The molecule has 0 saturated heterocycles. The highest BCUT2D eigenvalue weighted by molar-refractivity contribution is 7.80. The van der Waals surface area contributed by atoms with Crippen LogP contribution in [0, 0.1) is 5.82 Å². The van der Waals surface area contributed by atoms with E-state index in [9.17, 15) is 4.39 Å². The van der Waals surface area contributed by atoms with Crippen LogP contribution in [-0.2, 0) is 6.54 Å². The molecule has 1 heterocycles. The van der Waals surface area contributed by atoms with Crippen LogP contribution in [0.3, 0.4) is 0 Å². The lowest BCUT2D eigenvalue weighted by Crippen LogP contribution is -2.29. The van der Waals surface area contributed by atoms with Gasteiger partial charge in [-0.15, -0.1) is 0 Å². The van der Waals surface area contributed by atoms with E-state index in [1.54, 1.807) is 23.0 Å². The zero-order valence-corrected chi connectivity index (χ0v) is 13.1. The minimum absolute atomic E-state index is 0.257. The summed E-state index contributed by atoms with van der Waals surface area (Å²) in [5.41, 5.74) is 0.939. The van der Waals surface area contributed by atoms with Crippen LogP contribution in [0.5, 0.6) is 0 Å². The predicted octanol–water partition coefficient (Wildman–Crippen LogP) is 3.42. The van der Waals surface area contributed by atoms with Gasteiger partial charge in [-0.1, -0.05) is 30.7 Å². The number of nitrogens with one attached hydrogen (secondary N) is 2. The van der Waals surface area contributed by atoms with Crippen molar-refractivity contribution in [1.29, 1.82) is 0 Å². The highest BCUT2D eigenvalue weighted by Crippen LogP contribution is 2.20. The van der Waals surface area contributed by atoms with Gasteiger partial charge < -0.3 is 10.6 Å². The Morgan fingerprint density at radius 1 is 1.38 bits per heavy atom. The van der Waals surface area contributed by atoms with Gasteiger partial charge in [0.2, 0.25) is 0 Å². The normalized spacial score (nSPS) is 10.4. The van der Waals surface area contributed by atoms with Crippen LogP contribution < -0.4 is 10.6 Å². The second-order valence-electron chi connectivity index (χ2n) is 4.53. The first-order valence-electron chi connectivity index (χ1n) is 6.60. The number of thiocarbonyl (C=S) groups is 1.